The number of hydrogen-bond donors (Lipinski definition) is 0. The van der Waals surface area contributed by atoms with E-state index in [9.17, 15) is 5.26 Å². The van der Waals surface area contributed by atoms with Gasteiger partial charge >= 0.3 is 0 Å². The van der Waals surface area contributed by atoms with Crippen LogP contribution in [-0.4, -0.2) is 4.98 Å². The van der Waals surface area contributed by atoms with Crippen molar-refractivity contribution in [3.63, 3.8) is 0 Å². The molecule has 1 aromatic heterocycles. The summed E-state index contributed by atoms with van der Waals surface area (Å²) in [5, 5.41) is 9.35. The summed E-state index contributed by atoms with van der Waals surface area (Å²) < 4.78 is 0. The van der Waals surface area contributed by atoms with E-state index in [0.29, 0.717) is 5.56 Å². The molecule has 0 amide bonds. The maximum atomic E-state index is 9.35. The van der Waals surface area contributed by atoms with Gasteiger partial charge in [0.15, 0.2) is 0 Å². The first-order valence-electron chi connectivity index (χ1n) is 15.3. The lowest BCUT2D eigenvalue weighted by atomic mass is 9.70. The van der Waals surface area contributed by atoms with E-state index in [0.717, 1.165) is 16.8 Å². The summed E-state index contributed by atoms with van der Waals surface area (Å²) in [4.78, 5) is 4.50. The molecule has 0 fully saturated rings. The number of benzene rings is 6. The van der Waals surface area contributed by atoms with Crippen molar-refractivity contribution >= 4 is 0 Å². The standard InChI is InChI=1S/C43H26N2/c44-27-28-22-23-45-42(24-28)31-16-14-30(15-17-31)33-19-21-37-36-20-18-32(29-8-2-1-3-9-29)25-40(36)43(41(37)26-33)38-12-6-4-10-34(38)35-11-5-7-13-39(35)43/h1-26H. The molecular formula is C43H26N2. The van der Waals surface area contributed by atoms with E-state index in [1.165, 1.54) is 61.2 Å². The summed E-state index contributed by atoms with van der Waals surface area (Å²) in [7, 11) is 0. The molecule has 7 aromatic rings. The Morgan fingerprint density at radius 2 is 0.911 bits per heavy atom. The summed E-state index contributed by atoms with van der Waals surface area (Å²) in [5.74, 6) is 0. The number of rotatable bonds is 3. The average molecular weight is 571 g/mol. The van der Waals surface area contributed by atoms with E-state index in [1.54, 1.807) is 12.3 Å². The van der Waals surface area contributed by atoms with Crippen molar-refractivity contribution in [1.29, 1.82) is 5.26 Å². The van der Waals surface area contributed by atoms with Gasteiger partial charge in [-0.15, -0.1) is 0 Å². The van der Waals surface area contributed by atoms with Crippen LogP contribution in [0.1, 0.15) is 27.8 Å². The first-order valence-corrected chi connectivity index (χ1v) is 15.3. The van der Waals surface area contributed by atoms with Crippen LogP contribution in [0.4, 0.5) is 0 Å². The highest BCUT2D eigenvalue weighted by Gasteiger charge is 2.51. The Morgan fingerprint density at radius 1 is 0.422 bits per heavy atom. The fraction of sp³-hybridized carbons (Fsp3) is 0.0233. The molecule has 1 heterocycles. The molecule has 6 aromatic carbocycles. The number of hydrogen-bond acceptors (Lipinski definition) is 2. The molecule has 9 rings (SSSR count). The fourth-order valence-electron chi connectivity index (χ4n) is 7.62. The van der Waals surface area contributed by atoms with Crippen molar-refractivity contribution in [2.24, 2.45) is 0 Å². The van der Waals surface area contributed by atoms with Crippen molar-refractivity contribution in [2.45, 2.75) is 5.41 Å². The Labute approximate surface area is 262 Å². The third-order valence-electron chi connectivity index (χ3n) is 9.60. The topological polar surface area (TPSA) is 36.7 Å². The third-order valence-corrected chi connectivity index (χ3v) is 9.60. The van der Waals surface area contributed by atoms with Gasteiger partial charge in [-0.25, -0.2) is 0 Å². The lowest BCUT2D eigenvalue weighted by molar-refractivity contribution is 0.794. The molecule has 2 aliphatic rings. The molecule has 2 aliphatic carbocycles. The molecule has 0 saturated heterocycles. The average Bonchev–Trinajstić information content (AvgIpc) is 3.59. The van der Waals surface area contributed by atoms with Gasteiger partial charge in [0.05, 0.1) is 22.7 Å². The van der Waals surface area contributed by atoms with Crippen LogP contribution in [0.2, 0.25) is 0 Å². The zero-order valence-electron chi connectivity index (χ0n) is 24.4. The number of pyridine rings is 1. The maximum absolute atomic E-state index is 9.35. The Hall–Kier alpha value is -6.04. The van der Waals surface area contributed by atoms with Crippen LogP contribution in [0.3, 0.4) is 0 Å². The van der Waals surface area contributed by atoms with Crippen molar-refractivity contribution in [1.82, 2.24) is 4.98 Å². The van der Waals surface area contributed by atoms with Crippen LogP contribution in [0.25, 0.3) is 55.8 Å². The smallest absolute Gasteiger partial charge is 0.0992 e. The fourth-order valence-corrected chi connectivity index (χ4v) is 7.62. The summed E-state index contributed by atoms with van der Waals surface area (Å²) in [6, 6.07) is 56.9. The van der Waals surface area contributed by atoms with Gasteiger partial charge in [-0.1, -0.05) is 127 Å². The molecule has 0 aliphatic heterocycles. The quantitative estimate of drug-likeness (QED) is 0.212. The highest BCUT2D eigenvalue weighted by atomic mass is 14.7. The molecule has 0 unspecified atom stereocenters. The van der Waals surface area contributed by atoms with Crippen LogP contribution in [0.15, 0.2) is 158 Å². The Kier molecular flexibility index (Phi) is 5.51. The molecule has 2 heteroatoms. The summed E-state index contributed by atoms with van der Waals surface area (Å²) in [6.45, 7) is 0. The monoisotopic (exact) mass is 570 g/mol. The van der Waals surface area contributed by atoms with Gasteiger partial charge in [0.25, 0.3) is 0 Å². The molecule has 0 radical (unpaired) electrons. The highest BCUT2D eigenvalue weighted by molar-refractivity contribution is 5.96. The number of fused-ring (bicyclic) bond motifs is 10. The van der Waals surface area contributed by atoms with E-state index < -0.39 is 5.41 Å². The third kappa shape index (κ3) is 3.65. The van der Waals surface area contributed by atoms with E-state index in [1.807, 2.05) is 6.07 Å². The molecule has 208 valence electrons. The molecule has 45 heavy (non-hydrogen) atoms. The SMILES string of the molecule is N#Cc1ccnc(-c2ccc(-c3ccc4c(c3)C3(c5ccccc5-c5ccccc53)c3cc(-c5ccccc5)ccc3-4)cc2)c1. The second-order valence-corrected chi connectivity index (χ2v) is 11.8. The number of nitrogens with zero attached hydrogens (tertiary/aromatic N) is 2. The Morgan fingerprint density at radius 3 is 1.51 bits per heavy atom. The van der Waals surface area contributed by atoms with Crippen LogP contribution in [-0.2, 0) is 5.41 Å². The lowest BCUT2D eigenvalue weighted by Gasteiger charge is -2.31. The van der Waals surface area contributed by atoms with Crippen LogP contribution < -0.4 is 0 Å². The van der Waals surface area contributed by atoms with Gasteiger partial charge in [0, 0.05) is 11.8 Å². The van der Waals surface area contributed by atoms with Gasteiger partial charge < -0.3 is 0 Å². The second-order valence-electron chi connectivity index (χ2n) is 11.8. The first kappa shape index (κ1) is 25.5. The summed E-state index contributed by atoms with van der Waals surface area (Å²) in [5.41, 5.74) is 17.3. The van der Waals surface area contributed by atoms with Crippen LogP contribution in [0, 0.1) is 11.3 Å². The van der Waals surface area contributed by atoms with E-state index in [2.05, 4.69) is 151 Å². The molecule has 0 bridgehead atoms. The van der Waals surface area contributed by atoms with Crippen LogP contribution >= 0.6 is 0 Å². The van der Waals surface area contributed by atoms with Gasteiger partial charge in [0.1, 0.15) is 0 Å². The highest BCUT2D eigenvalue weighted by Crippen LogP contribution is 2.63. The van der Waals surface area contributed by atoms with Crippen LogP contribution in [0.5, 0.6) is 0 Å². The molecule has 1 spiro atoms. The molecule has 0 atom stereocenters. The van der Waals surface area contributed by atoms with Gasteiger partial charge in [-0.2, -0.15) is 5.26 Å². The first-order chi connectivity index (χ1) is 22.3. The van der Waals surface area contributed by atoms with E-state index >= 15 is 0 Å². The molecule has 0 N–H and O–H groups in total. The minimum absolute atomic E-state index is 0.416. The largest absolute Gasteiger partial charge is 0.256 e. The van der Waals surface area contributed by atoms with Crippen molar-refractivity contribution < 1.29 is 0 Å². The Balaban J connectivity index is 1.26. The van der Waals surface area contributed by atoms with E-state index in [4.69, 9.17) is 0 Å². The second kappa shape index (κ2) is 9.74. The normalized spacial score (nSPS) is 13.0. The van der Waals surface area contributed by atoms with Crippen molar-refractivity contribution in [3.05, 3.63) is 186 Å². The zero-order chi connectivity index (χ0) is 30.0. The van der Waals surface area contributed by atoms with E-state index in [-0.39, 0.29) is 0 Å². The lowest BCUT2D eigenvalue weighted by Crippen LogP contribution is -2.26. The number of aromatic nitrogens is 1. The summed E-state index contributed by atoms with van der Waals surface area (Å²) >= 11 is 0. The maximum Gasteiger partial charge on any atom is 0.0992 e. The number of nitriles is 1. The van der Waals surface area contributed by atoms with Gasteiger partial charge in [0.2, 0.25) is 0 Å². The predicted molar refractivity (Wildman–Crippen MR) is 182 cm³/mol. The van der Waals surface area contributed by atoms with Gasteiger partial charge in [-0.3, -0.25) is 4.98 Å². The van der Waals surface area contributed by atoms with Gasteiger partial charge in [-0.05, 0) is 91.0 Å². The Bertz CT molecular complexity index is 2280. The minimum Gasteiger partial charge on any atom is -0.256 e. The molecular weight excluding hydrogens is 544 g/mol. The molecule has 0 saturated carbocycles. The summed E-state index contributed by atoms with van der Waals surface area (Å²) in [6.07, 6.45) is 1.69. The zero-order valence-corrected chi connectivity index (χ0v) is 24.4. The predicted octanol–water partition coefficient (Wildman–Crippen LogP) is 10.3. The van der Waals surface area contributed by atoms with Crippen molar-refractivity contribution in [2.75, 3.05) is 0 Å². The minimum atomic E-state index is -0.416. The van der Waals surface area contributed by atoms with Crippen molar-refractivity contribution in [3.8, 4) is 61.8 Å². The molecule has 2 nitrogen and oxygen atoms in total.